The maximum absolute atomic E-state index is 10.9. The van der Waals surface area contributed by atoms with Crippen molar-refractivity contribution in [3.63, 3.8) is 0 Å². The highest BCUT2D eigenvalue weighted by atomic mass is 16.6. The second-order valence-electron chi connectivity index (χ2n) is 6.13. The third-order valence-corrected chi connectivity index (χ3v) is 3.88. The monoisotopic (exact) mass is 292 g/mol. The SMILES string of the molecule is C[C@H]1C[C@H](C)CN(CCCOc2ccccc2[N+](=O)[O-])C1. The minimum absolute atomic E-state index is 0.0396. The molecular weight excluding hydrogens is 268 g/mol. The second-order valence-corrected chi connectivity index (χ2v) is 6.13. The molecule has 2 atom stereocenters. The first-order valence-corrected chi connectivity index (χ1v) is 7.65. The van der Waals surface area contributed by atoms with Crippen molar-refractivity contribution in [2.75, 3.05) is 26.2 Å². The fourth-order valence-electron chi connectivity index (χ4n) is 3.17. The van der Waals surface area contributed by atoms with Crippen LogP contribution < -0.4 is 4.74 Å². The molecule has 0 radical (unpaired) electrons. The molecule has 1 aromatic rings. The van der Waals surface area contributed by atoms with Crippen LogP contribution in [0, 0.1) is 22.0 Å². The molecule has 0 unspecified atom stereocenters. The number of ether oxygens (including phenoxy) is 1. The summed E-state index contributed by atoms with van der Waals surface area (Å²) in [6, 6.07) is 6.55. The van der Waals surface area contributed by atoms with E-state index in [1.807, 2.05) is 0 Å². The number of piperidine rings is 1. The molecule has 1 aliphatic rings. The number of nitro groups is 1. The third-order valence-electron chi connectivity index (χ3n) is 3.88. The highest BCUT2D eigenvalue weighted by Crippen LogP contribution is 2.26. The molecule has 1 heterocycles. The topological polar surface area (TPSA) is 55.6 Å². The predicted octanol–water partition coefficient (Wildman–Crippen LogP) is 3.34. The fourth-order valence-corrected chi connectivity index (χ4v) is 3.17. The lowest BCUT2D eigenvalue weighted by Gasteiger charge is -2.34. The first kappa shape index (κ1) is 15.8. The molecule has 2 rings (SSSR count). The Balaban J connectivity index is 1.76. The summed E-state index contributed by atoms with van der Waals surface area (Å²) < 4.78 is 5.57. The van der Waals surface area contributed by atoms with E-state index in [0.717, 1.165) is 37.9 Å². The maximum Gasteiger partial charge on any atom is 0.310 e. The van der Waals surface area contributed by atoms with Crippen molar-refractivity contribution in [3.05, 3.63) is 34.4 Å². The standard InChI is InChI=1S/C16H24N2O3/c1-13-10-14(2)12-17(11-13)8-5-9-21-16-7-4-3-6-15(16)18(19)20/h3-4,6-7,13-14H,5,8-12H2,1-2H3/t13-,14-/m0/s1. The highest BCUT2D eigenvalue weighted by molar-refractivity contribution is 5.45. The molecule has 0 aromatic heterocycles. The molecule has 1 saturated heterocycles. The normalized spacial score (nSPS) is 23.0. The number of nitro benzene ring substituents is 1. The van der Waals surface area contributed by atoms with Gasteiger partial charge in [-0.15, -0.1) is 0 Å². The van der Waals surface area contributed by atoms with Crippen LogP contribution in [0.15, 0.2) is 24.3 Å². The molecule has 0 spiro atoms. The molecular formula is C16H24N2O3. The number of hydrogen-bond acceptors (Lipinski definition) is 4. The van der Waals surface area contributed by atoms with Crippen LogP contribution in [0.1, 0.15) is 26.7 Å². The second kappa shape index (κ2) is 7.41. The van der Waals surface area contributed by atoms with Crippen LogP contribution in [0.3, 0.4) is 0 Å². The summed E-state index contributed by atoms with van der Waals surface area (Å²) in [7, 11) is 0. The van der Waals surface area contributed by atoms with E-state index < -0.39 is 4.92 Å². The van der Waals surface area contributed by atoms with E-state index in [2.05, 4.69) is 18.7 Å². The van der Waals surface area contributed by atoms with Crippen LogP contribution in [0.5, 0.6) is 5.75 Å². The largest absolute Gasteiger partial charge is 0.487 e. The van der Waals surface area contributed by atoms with Gasteiger partial charge in [-0.3, -0.25) is 10.1 Å². The predicted molar refractivity (Wildman–Crippen MR) is 82.6 cm³/mol. The zero-order valence-corrected chi connectivity index (χ0v) is 12.8. The number of benzene rings is 1. The Kier molecular flexibility index (Phi) is 5.56. The molecule has 5 heteroatoms. The number of hydrogen-bond donors (Lipinski definition) is 0. The summed E-state index contributed by atoms with van der Waals surface area (Å²) in [5.74, 6) is 1.87. The van der Waals surface area contributed by atoms with Gasteiger partial charge in [0, 0.05) is 25.7 Å². The molecule has 0 N–H and O–H groups in total. The van der Waals surface area contributed by atoms with Crippen molar-refractivity contribution in [3.8, 4) is 5.75 Å². The Hall–Kier alpha value is -1.62. The summed E-state index contributed by atoms with van der Waals surface area (Å²) in [4.78, 5) is 13.0. The molecule has 21 heavy (non-hydrogen) atoms. The Morgan fingerprint density at radius 1 is 1.29 bits per heavy atom. The van der Waals surface area contributed by atoms with Crippen LogP contribution in [0.4, 0.5) is 5.69 Å². The van der Waals surface area contributed by atoms with Crippen molar-refractivity contribution >= 4 is 5.69 Å². The Morgan fingerprint density at radius 2 is 1.95 bits per heavy atom. The molecule has 1 aromatic carbocycles. The van der Waals surface area contributed by atoms with E-state index in [4.69, 9.17) is 4.74 Å². The number of para-hydroxylation sites is 2. The minimum Gasteiger partial charge on any atom is -0.487 e. The maximum atomic E-state index is 10.9. The molecule has 0 saturated carbocycles. The highest BCUT2D eigenvalue weighted by Gasteiger charge is 2.21. The van der Waals surface area contributed by atoms with Gasteiger partial charge in [0.05, 0.1) is 11.5 Å². The van der Waals surface area contributed by atoms with E-state index in [0.29, 0.717) is 12.4 Å². The van der Waals surface area contributed by atoms with Gasteiger partial charge in [0.15, 0.2) is 5.75 Å². The number of nitrogens with zero attached hydrogens (tertiary/aromatic N) is 2. The number of likely N-dealkylation sites (tertiary alicyclic amines) is 1. The van der Waals surface area contributed by atoms with Crippen LogP contribution in [-0.4, -0.2) is 36.1 Å². The van der Waals surface area contributed by atoms with Crippen molar-refractivity contribution in [2.24, 2.45) is 11.8 Å². The first-order valence-electron chi connectivity index (χ1n) is 7.65. The summed E-state index contributed by atoms with van der Waals surface area (Å²) in [5, 5.41) is 10.9. The van der Waals surface area contributed by atoms with Crippen molar-refractivity contribution < 1.29 is 9.66 Å². The average molecular weight is 292 g/mol. The van der Waals surface area contributed by atoms with Gasteiger partial charge in [0.2, 0.25) is 0 Å². The van der Waals surface area contributed by atoms with Gasteiger partial charge < -0.3 is 9.64 Å². The van der Waals surface area contributed by atoms with Gasteiger partial charge in [-0.1, -0.05) is 26.0 Å². The molecule has 0 bridgehead atoms. The lowest BCUT2D eigenvalue weighted by Crippen LogP contribution is -2.39. The molecule has 116 valence electrons. The molecule has 5 nitrogen and oxygen atoms in total. The smallest absolute Gasteiger partial charge is 0.310 e. The van der Waals surface area contributed by atoms with Gasteiger partial charge in [0.1, 0.15) is 0 Å². The third kappa shape index (κ3) is 4.70. The van der Waals surface area contributed by atoms with Gasteiger partial charge in [-0.2, -0.15) is 0 Å². The van der Waals surface area contributed by atoms with Crippen molar-refractivity contribution in [1.29, 1.82) is 0 Å². The van der Waals surface area contributed by atoms with Crippen LogP contribution in [-0.2, 0) is 0 Å². The van der Waals surface area contributed by atoms with E-state index >= 15 is 0 Å². The quantitative estimate of drug-likeness (QED) is 0.458. The Bertz CT molecular complexity index is 468. The lowest BCUT2D eigenvalue weighted by molar-refractivity contribution is -0.385. The number of rotatable bonds is 6. The van der Waals surface area contributed by atoms with E-state index in [-0.39, 0.29) is 5.69 Å². The zero-order chi connectivity index (χ0) is 15.2. The van der Waals surface area contributed by atoms with Gasteiger partial charge in [0.25, 0.3) is 0 Å². The van der Waals surface area contributed by atoms with Crippen LogP contribution >= 0.6 is 0 Å². The average Bonchev–Trinajstić information content (AvgIpc) is 2.43. The fraction of sp³-hybridized carbons (Fsp3) is 0.625. The minimum atomic E-state index is -0.399. The Morgan fingerprint density at radius 3 is 2.62 bits per heavy atom. The van der Waals surface area contributed by atoms with Crippen LogP contribution in [0.2, 0.25) is 0 Å². The Labute approximate surface area is 126 Å². The van der Waals surface area contributed by atoms with E-state index in [9.17, 15) is 10.1 Å². The van der Waals surface area contributed by atoms with Crippen molar-refractivity contribution in [1.82, 2.24) is 4.90 Å². The first-order chi connectivity index (χ1) is 10.1. The summed E-state index contributed by atoms with van der Waals surface area (Å²) in [6.07, 6.45) is 2.20. The molecule has 0 aliphatic carbocycles. The molecule has 1 fully saturated rings. The van der Waals surface area contributed by atoms with Crippen molar-refractivity contribution in [2.45, 2.75) is 26.7 Å². The molecule has 1 aliphatic heterocycles. The van der Waals surface area contributed by atoms with Gasteiger partial charge >= 0.3 is 5.69 Å². The van der Waals surface area contributed by atoms with Gasteiger partial charge in [-0.05, 0) is 30.7 Å². The lowest BCUT2D eigenvalue weighted by atomic mass is 9.92. The van der Waals surface area contributed by atoms with E-state index in [1.165, 1.54) is 12.5 Å². The summed E-state index contributed by atoms with van der Waals surface area (Å²) in [5.41, 5.74) is 0.0396. The molecule has 0 amide bonds. The van der Waals surface area contributed by atoms with Gasteiger partial charge in [-0.25, -0.2) is 0 Å². The summed E-state index contributed by atoms with van der Waals surface area (Å²) in [6.45, 7) is 8.41. The zero-order valence-electron chi connectivity index (χ0n) is 12.8. The van der Waals surface area contributed by atoms with Crippen LogP contribution in [0.25, 0.3) is 0 Å². The summed E-state index contributed by atoms with van der Waals surface area (Å²) >= 11 is 0. The van der Waals surface area contributed by atoms with E-state index in [1.54, 1.807) is 18.2 Å².